The molecule has 0 N–H and O–H groups in total. The highest BCUT2D eigenvalue weighted by atomic mass is 19.1. The summed E-state index contributed by atoms with van der Waals surface area (Å²) in [5.41, 5.74) is -2.88. The van der Waals surface area contributed by atoms with Crippen LogP contribution in [0.2, 0.25) is 0 Å². The molecular formula is C12H15FN2O4. The highest BCUT2D eigenvalue weighted by Crippen LogP contribution is 2.22. The molecule has 0 rings (SSSR count). The number of alkyl halides is 1. The van der Waals surface area contributed by atoms with Gasteiger partial charge in [0.15, 0.2) is 0 Å². The van der Waals surface area contributed by atoms with Crippen molar-refractivity contribution in [2.75, 3.05) is 13.2 Å². The van der Waals surface area contributed by atoms with E-state index < -0.39 is 17.6 Å². The van der Waals surface area contributed by atoms with Gasteiger partial charge in [-0.05, 0) is 0 Å². The minimum absolute atomic E-state index is 0.0859. The number of carbonyl (C=O) groups is 2. The molecule has 0 unspecified atom stereocenters. The molecule has 0 aliphatic heterocycles. The van der Waals surface area contributed by atoms with E-state index >= 15 is 0 Å². The predicted octanol–water partition coefficient (Wildman–Crippen LogP) is 1.41. The maximum absolute atomic E-state index is 14.3. The van der Waals surface area contributed by atoms with Crippen LogP contribution in [0.25, 0.3) is 0 Å². The summed E-state index contributed by atoms with van der Waals surface area (Å²) in [6.45, 7) is 1.03. The molecule has 0 aromatic carbocycles. The fourth-order valence-electron chi connectivity index (χ4n) is 1.24. The topological polar surface area (TPSA) is 100 Å². The minimum Gasteiger partial charge on any atom is -0.462 e. The second kappa shape index (κ2) is 8.87. The van der Waals surface area contributed by atoms with Gasteiger partial charge in [-0.1, -0.05) is 13.3 Å². The number of rotatable bonds is 8. The summed E-state index contributed by atoms with van der Waals surface area (Å²) in [5, 5.41) is 16.6. The lowest BCUT2D eigenvalue weighted by atomic mass is 10.0. The maximum atomic E-state index is 14.3. The third-order valence-corrected chi connectivity index (χ3v) is 2.14. The van der Waals surface area contributed by atoms with Crippen molar-refractivity contribution >= 4 is 11.9 Å². The van der Waals surface area contributed by atoms with Crippen molar-refractivity contribution in [2.45, 2.75) is 38.3 Å². The quantitative estimate of drug-likeness (QED) is 0.375. The lowest BCUT2D eigenvalue weighted by molar-refractivity contribution is -0.175. The Labute approximate surface area is 110 Å². The number of carbonyl (C=O) groups excluding carboxylic acids is 2. The average molecular weight is 270 g/mol. The number of halogens is 1. The molecule has 0 spiro atoms. The van der Waals surface area contributed by atoms with Crippen molar-refractivity contribution in [3.63, 3.8) is 0 Å². The third kappa shape index (κ3) is 5.35. The van der Waals surface area contributed by atoms with Crippen LogP contribution in [0.15, 0.2) is 0 Å². The SMILES string of the molecule is CCCC(F)(C(=O)OCCC#N)C(=O)OCCC#N. The molecule has 6 nitrogen and oxygen atoms in total. The molecule has 0 bridgehead atoms. The number of nitrogens with zero attached hydrogens (tertiary/aromatic N) is 2. The van der Waals surface area contributed by atoms with E-state index in [0.29, 0.717) is 0 Å². The molecule has 0 fully saturated rings. The van der Waals surface area contributed by atoms with Crippen molar-refractivity contribution < 1.29 is 23.5 Å². The molecule has 0 radical (unpaired) electrons. The van der Waals surface area contributed by atoms with E-state index in [1.165, 1.54) is 0 Å². The normalized spacial score (nSPS) is 10.1. The molecule has 0 aliphatic carbocycles. The van der Waals surface area contributed by atoms with Crippen LogP contribution in [0.1, 0.15) is 32.6 Å². The maximum Gasteiger partial charge on any atom is 0.355 e. The van der Waals surface area contributed by atoms with Gasteiger partial charge in [0.1, 0.15) is 13.2 Å². The van der Waals surface area contributed by atoms with Crippen molar-refractivity contribution in [1.29, 1.82) is 10.5 Å². The van der Waals surface area contributed by atoms with Gasteiger partial charge in [-0.2, -0.15) is 10.5 Å². The number of hydrogen-bond acceptors (Lipinski definition) is 6. The third-order valence-electron chi connectivity index (χ3n) is 2.14. The van der Waals surface area contributed by atoms with Gasteiger partial charge in [-0.3, -0.25) is 0 Å². The zero-order valence-electron chi connectivity index (χ0n) is 10.6. The van der Waals surface area contributed by atoms with E-state index in [1.807, 2.05) is 0 Å². The van der Waals surface area contributed by atoms with E-state index in [1.54, 1.807) is 19.1 Å². The molecular weight excluding hydrogens is 255 g/mol. The second-order valence-electron chi connectivity index (χ2n) is 3.64. The largest absolute Gasteiger partial charge is 0.462 e. The Morgan fingerprint density at radius 1 is 1.11 bits per heavy atom. The smallest absolute Gasteiger partial charge is 0.355 e. The molecule has 104 valence electrons. The first-order valence-electron chi connectivity index (χ1n) is 5.80. The minimum atomic E-state index is -2.88. The second-order valence-corrected chi connectivity index (χ2v) is 3.64. The van der Waals surface area contributed by atoms with Gasteiger partial charge in [-0.25, -0.2) is 14.0 Å². The van der Waals surface area contributed by atoms with Crippen molar-refractivity contribution in [1.82, 2.24) is 0 Å². The van der Waals surface area contributed by atoms with E-state index in [-0.39, 0.29) is 38.9 Å². The van der Waals surface area contributed by atoms with Gasteiger partial charge in [0.25, 0.3) is 0 Å². The molecule has 0 aliphatic rings. The Hall–Kier alpha value is -2.15. The van der Waals surface area contributed by atoms with Crippen molar-refractivity contribution in [2.24, 2.45) is 0 Å². The van der Waals surface area contributed by atoms with E-state index in [0.717, 1.165) is 0 Å². The standard InChI is InChI=1S/C12H15FN2O4/c1-2-5-12(13,10(16)18-8-3-6-14)11(17)19-9-4-7-15/h2-5,8-9H2,1H3. The summed E-state index contributed by atoms with van der Waals surface area (Å²) in [5.74, 6) is -2.71. The summed E-state index contributed by atoms with van der Waals surface area (Å²) in [6.07, 6.45) is -0.310. The Morgan fingerprint density at radius 2 is 1.53 bits per heavy atom. The zero-order valence-corrected chi connectivity index (χ0v) is 10.6. The van der Waals surface area contributed by atoms with Gasteiger partial charge < -0.3 is 9.47 Å². The van der Waals surface area contributed by atoms with Crippen LogP contribution in [-0.4, -0.2) is 30.8 Å². The fraction of sp³-hybridized carbons (Fsp3) is 0.667. The number of ether oxygens (including phenoxy) is 2. The van der Waals surface area contributed by atoms with E-state index in [9.17, 15) is 14.0 Å². The summed E-state index contributed by atoms with van der Waals surface area (Å²) in [6, 6.07) is 3.45. The molecule has 7 heteroatoms. The number of hydrogen-bond donors (Lipinski definition) is 0. The molecule has 0 aromatic rings. The van der Waals surface area contributed by atoms with Crippen LogP contribution in [-0.2, 0) is 19.1 Å². The van der Waals surface area contributed by atoms with Gasteiger partial charge in [0, 0.05) is 6.42 Å². The van der Waals surface area contributed by atoms with Crippen LogP contribution in [0.3, 0.4) is 0 Å². The summed E-state index contributed by atoms with van der Waals surface area (Å²) in [4.78, 5) is 23.1. The Kier molecular flexibility index (Phi) is 7.87. The van der Waals surface area contributed by atoms with Gasteiger partial charge in [0.05, 0.1) is 25.0 Å². The summed E-state index contributed by atoms with van der Waals surface area (Å²) < 4.78 is 23.4. The number of esters is 2. The predicted molar refractivity (Wildman–Crippen MR) is 61.1 cm³/mol. The summed E-state index contributed by atoms with van der Waals surface area (Å²) >= 11 is 0. The summed E-state index contributed by atoms with van der Waals surface area (Å²) in [7, 11) is 0. The van der Waals surface area contributed by atoms with Crippen LogP contribution in [0, 0.1) is 22.7 Å². The highest BCUT2D eigenvalue weighted by Gasteiger charge is 2.49. The lowest BCUT2D eigenvalue weighted by Gasteiger charge is -2.20. The molecule has 0 aromatic heterocycles. The Bertz CT molecular complexity index is 366. The van der Waals surface area contributed by atoms with Crippen LogP contribution in [0.4, 0.5) is 4.39 Å². The first-order chi connectivity index (χ1) is 9.02. The zero-order chi connectivity index (χ0) is 14.7. The molecule has 0 saturated heterocycles. The van der Waals surface area contributed by atoms with Crippen LogP contribution < -0.4 is 0 Å². The van der Waals surface area contributed by atoms with Crippen LogP contribution >= 0.6 is 0 Å². The van der Waals surface area contributed by atoms with Gasteiger partial charge >= 0.3 is 17.6 Å². The van der Waals surface area contributed by atoms with Crippen molar-refractivity contribution in [3.8, 4) is 12.1 Å². The average Bonchev–Trinajstić information content (AvgIpc) is 2.39. The highest BCUT2D eigenvalue weighted by molar-refractivity contribution is 6.03. The Morgan fingerprint density at radius 3 is 1.84 bits per heavy atom. The molecule has 19 heavy (non-hydrogen) atoms. The Balaban J connectivity index is 4.63. The van der Waals surface area contributed by atoms with Gasteiger partial charge in [-0.15, -0.1) is 0 Å². The molecule has 0 atom stereocenters. The van der Waals surface area contributed by atoms with Crippen LogP contribution in [0.5, 0.6) is 0 Å². The van der Waals surface area contributed by atoms with E-state index in [4.69, 9.17) is 10.5 Å². The molecule has 0 saturated carbocycles. The van der Waals surface area contributed by atoms with Gasteiger partial charge in [0.2, 0.25) is 0 Å². The molecule has 0 heterocycles. The first-order valence-corrected chi connectivity index (χ1v) is 5.80. The van der Waals surface area contributed by atoms with E-state index in [2.05, 4.69) is 9.47 Å². The van der Waals surface area contributed by atoms with Crippen molar-refractivity contribution in [3.05, 3.63) is 0 Å². The fourth-order valence-corrected chi connectivity index (χ4v) is 1.24. The lowest BCUT2D eigenvalue weighted by Crippen LogP contribution is -2.45. The number of nitriles is 2. The first kappa shape index (κ1) is 16.9. The molecule has 0 amide bonds. The monoisotopic (exact) mass is 270 g/mol.